The number of aryl methyl sites for hydroxylation is 1. The summed E-state index contributed by atoms with van der Waals surface area (Å²) >= 11 is 3.28. The maximum atomic E-state index is 5.48. The summed E-state index contributed by atoms with van der Waals surface area (Å²) in [6.45, 7) is 3.29. The van der Waals surface area contributed by atoms with Gasteiger partial charge in [-0.2, -0.15) is 0 Å². The zero-order valence-corrected chi connectivity index (χ0v) is 11.2. The van der Waals surface area contributed by atoms with Crippen LogP contribution in [-0.2, 0) is 18.7 Å². The van der Waals surface area contributed by atoms with E-state index in [0.717, 1.165) is 23.0 Å². The molecule has 0 aliphatic carbocycles. The summed E-state index contributed by atoms with van der Waals surface area (Å²) in [4.78, 5) is 4.50. The van der Waals surface area contributed by atoms with Gasteiger partial charge in [-0.05, 0) is 16.8 Å². The number of hydrogen-bond acceptors (Lipinski definition) is 7. The molecule has 0 bridgehead atoms. The largest absolute Gasteiger partial charge is 0.329 e. The van der Waals surface area contributed by atoms with E-state index in [1.807, 2.05) is 0 Å². The van der Waals surface area contributed by atoms with Crippen LogP contribution in [0.3, 0.4) is 0 Å². The van der Waals surface area contributed by atoms with Crippen LogP contribution in [0.15, 0.2) is 10.5 Å². The Kier molecular flexibility index (Phi) is 4.46. The number of thioether (sulfide) groups is 1. The molecule has 8 heteroatoms. The van der Waals surface area contributed by atoms with E-state index >= 15 is 0 Å². The van der Waals surface area contributed by atoms with E-state index < -0.39 is 0 Å². The molecule has 0 aliphatic heterocycles. The van der Waals surface area contributed by atoms with Crippen LogP contribution in [0.1, 0.15) is 17.6 Å². The van der Waals surface area contributed by atoms with Gasteiger partial charge in [-0.1, -0.05) is 18.7 Å². The van der Waals surface area contributed by atoms with Gasteiger partial charge in [-0.15, -0.1) is 16.4 Å². The van der Waals surface area contributed by atoms with Gasteiger partial charge >= 0.3 is 0 Å². The molecule has 2 N–H and O–H groups in total. The van der Waals surface area contributed by atoms with Crippen molar-refractivity contribution in [1.82, 2.24) is 25.2 Å². The Balaban J connectivity index is 1.94. The summed E-state index contributed by atoms with van der Waals surface area (Å²) in [6, 6.07) is 0. The minimum atomic E-state index is 0.537. The van der Waals surface area contributed by atoms with E-state index in [0.29, 0.717) is 13.1 Å². The van der Waals surface area contributed by atoms with Gasteiger partial charge in [-0.3, -0.25) is 0 Å². The Bertz CT molecular complexity index is 466. The highest BCUT2D eigenvalue weighted by Crippen LogP contribution is 2.21. The lowest BCUT2D eigenvalue weighted by Crippen LogP contribution is -2.12. The molecule has 0 saturated heterocycles. The minimum absolute atomic E-state index is 0.537. The number of hydrogen-bond donors (Lipinski definition) is 1. The van der Waals surface area contributed by atoms with E-state index in [-0.39, 0.29) is 0 Å². The fraction of sp³-hybridized carbons (Fsp3) is 0.556. The molecule has 0 aliphatic rings. The molecular formula is C9H14N6S2. The van der Waals surface area contributed by atoms with Crippen molar-refractivity contribution in [1.29, 1.82) is 0 Å². The summed E-state index contributed by atoms with van der Waals surface area (Å²) in [5.41, 5.74) is 6.56. The summed E-state index contributed by atoms with van der Waals surface area (Å²) in [6.07, 6.45) is 0.986. The molecule has 2 heterocycles. The van der Waals surface area contributed by atoms with Crippen LogP contribution < -0.4 is 5.73 Å². The predicted octanol–water partition coefficient (Wildman–Crippen LogP) is 0.943. The molecule has 0 saturated carbocycles. The second kappa shape index (κ2) is 6.08. The number of rotatable bonds is 6. The Morgan fingerprint density at radius 2 is 2.41 bits per heavy atom. The van der Waals surface area contributed by atoms with Crippen LogP contribution in [0.4, 0.5) is 0 Å². The van der Waals surface area contributed by atoms with Crippen LogP contribution in [-0.4, -0.2) is 31.7 Å². The van der Waals surface area contributed by atoms with Gasteiger partial charge in [0, 0.05) is 17.7 Å². The Labute approximate surface area is 108 Å². The molecule has 6 nitrogen and oxygen atoms in total. The van der Waals surface area contributed by atoms with E-state index in [9.17, 15) is 0 Å². The third-order valence-electron chi connectivity index (χ3n) is 2.09. The number of nitrogens with zero attached hydrogens (tertiary/aromatic N) is 5. The van der Waals surface area contributed by atoms with Gasteiger partial charge in [-0.25, -0.2) is 9.67 Å². The van der Waals surface area contributed by atoms with E-state index in [2.05, 4.69) is 32.8 Å². The molecule has 0 amide bonds. The second-order valence-electron chi connectivity index (χ2n) is 3.35. The summed E-state index contributed by atoms with van der Waals surface area (Å²) in [5.74, 6) is 0.793. The Morgan fingerprint density at radius 3 is 3.12 bits per heavy atom. The first-order valence-electron chi connectivity index (χ1n) is 5.35. The lowest BCUT2D eigenvalue weighted by atomic mass is 10.5. The molecule has 0 spiro atoms. The number of nitrogens with two attached hydrogens (primary N) is 1. The smallest absolute Gasteiger partial charge is 0.209 e. The normalized spacial score (nSPS) is 10.9. The molecular weight excluding hydrogens is 256 g/mol. The molecule has 2 rings (SSSR count). The zero-order valence-electron chi connectivity index (χ0n) is 9.54. The average Bonchev–Trinajstić information content (AvgIpc) is 2.95. The zero-order chi connectivity index (χ0) is 12.1. The third-order valence-corrected chi connectivity index (χ3v) is 4.12. The summed E-state index contributed by atoms with van der Waals surface area (Å²) in [5, 5.41) is 15.5. The van der Waals surface area contributed by atoms with Gasteiger partial charge < -0.3 is 5.73 Å². The number of aromatic nitrogens is 5. The maximum absolute atomic E-state index is 5.48. The van der Waals surface area contributed by atoms with Crippen molar-refractivity contribution in [3.63, 3.8) is 0 Å². The molecule has 0 radical (unpaired) electrons. The summed E-state index contributed by atoms with van der Waals surface area (Å²) in [7, 11) is 0. The minimum Gasteiger partial charge on any atom is -0.329 e. The highest BCUT2D eigenvalue weighted by Gasteiger charge is 2.07. The highest BCUT2D eigenvalue weighted by atomic mass is 32.2. The first kappa shape index (κ1) is 12.5. The van der Waals surface area contributed by atoms with Crippen molar-refractivity contribution in [3.8, 4) is 0 Å². The Hall–Kier alpha value is -0.990. The van der Waals surface area contributed by atoms with Crippen molar-refractivity contribution in [2.75, 3.05) is 6.54 Å². The van der Waals surface area contributed by atoms with Gasteiger partial charge in [0.25, 0.3) is 0 Å². The molecule has 2 aromatic rings. The maximum Gasteiger partial charge on any atom is 0.209 e. The van der Waals surface area contributed by atoms with Crippen molar-refractivity contribution in [3.05, 3.63) is 16.1 Å². The van der Waals surface area contributed by atoms with Gasteiger partial charge in [0.1, 0.15) is 0 Å². The van der Waals surface area contributed by atoms with Gasteiger partial charge in [0.2, 0.25) is 5.16 Å². The fourth-order valence-electron chi connectivity index (χ4n) is 1.28. The van der Waals surface area contributed by atoms with Crippen LogP contribution in [0.5, 0.6) is 0 Å². The molecule has 2 aromatic heterocycles. The SMILES string of the molecule is CCc1nc(CSc2nnnn2CCN)cs1. The lowest BCUT2D eigenvalue weighted by molar-refractivity contribution is 0.557. The van der Waals surface area contributed by atoms with Crippen LogP contribution in [0.2, 0.25) is 0 Å². The van der Waals surface area contributed by atoms with Crippen LogP contribution in [0, 0.1) is 0 Å². The van der Waals surface area contributed by atoms with Gasteiger partial charge in [0.15, 0.2) is 0 Å². The van der Waals surface area contributed by atoms with Crippen molar-refractivity contribution < 1.29 is 0 Å². The topological polar surface area (TPSA) is 82.5 Å². The quantitative estimate of drug-likeness (QED) is 0.787. The average molecular weight is 270 g/mol. The highest BCUT2D eigenvalue weighted by molar-refractivity contribution is 7.98. The second-order valence-corrected chi connectivity index (χ2v) is 5.23. The van der Waals surface area contributed by atoms with E-state index in [4.69, 9.17) is 5.73 Å². The molecule has 0 fully saturated rings. The van der Waals surface area contributed by atoms with Crippen LogP contribution >= 0.6 is 23.1 Å². The molecule has 0 atom stereocenters. The summed E-state index contributed by atoms with van der Waals surface area (Å²) < 4.78 is 1.72. The Morgan fingerprint density at radius 1 is 1.53 bits per heavy atom. The van der Waals surface area contributed by atoms with Crippen LogP contribution in [0.25, 0.3) is 0 Å². The monoisotopic (exact) mass is 270 g/mol. The van der Waals surface area contributed by atoms with E-state index in [1.165, 1.54) is 5.01 Å². The molecule has 0 unspecified atom stereocenters. The van der Waals surface area contributed by atoms with Crippen molar-refractivity contribution in [2.45, 2.75) is 30.8 Å². The lowest BCUT2D eigenvalue weighted by Gasteiger charge is -2.00. The van der Waals surface area contributed by atoms with E-state index in [1.54, 1.807) is 27.8 Å². The molecule has 0 aromatic carbocycles. The standard InChI is InChI=1S/C9H14N6S2/c1-2-8-11-7(5-16-8)6-17-9-12-13-14-15(9)4-3-10/h5H,2-4,6,10H2,1H3. The van der Waals surface area contributed by atoms with Gasteiger partial charge in [0.05, 0.1) is 17.2 Å². The van der Waals surface area contributed by atoms with Crippen molar-refractivity contribution >= 4 is 23.1 Å². The number of tetrazole rings is 1. The fourth-order valence-corrected chi connectivity index (χ4v) is 2.92. The third kappa shape index (κ3) is 3.24. The molecule has 17 heavy (non-hydrogen) atoms. The molecule has 92 valence electrons. The predicted molar refractivity (Wildman–Crippen MR) is 67.9 cm³/mol. The first-order chi connectivity index (χ1) is 8.33. The van der Waals surface area contributed by atoms with Crippen molar-refractivity contribution in [2.24, 2.45) is 5.73 Å². The number of thiazole rings is 1. The first-order valence-corrected chi connectivity index (χ1v) is 7.22.